The van der Waals surface area contributed by atoms with Crippen LogP contribution in [0.2, 0.25) is 0 Å². The van der Waals surface area contributed by atoms with Crippen molar-refractivity contribution in [3.05, 3.63) is 0 Å². The number of hydrogen-bond donors (Lipinski definition) is 1. The van der Waals surface area contributed by atoms with Crippen molar-refractivity contribution in [2.75, 3.05) is 13.1 Å². The smallest absolute Gasteiger partial charge is 0.240 e. The van der Waals surface area contributed by atoms with Gasteiger partial charge in [-0.1, -0.05) is 12.8 Å². The fourth-order valence-corrected chi connectivity index (χ4v) is 2.77. The van der Waals surface area contributed by atoms with Gasteiger partial charge in [-0.25, -0.2) is 0 Å². The first-order chi connectivity index (χ1) is 6.62. The summed E-state index contributed by atoms with van der Waals surface area (Å²) in [6, 6.07) is 0.649. The number of rotatable bonds is 1. The van der Waals surface area contributed by atoms with Gasteiger partial charge in [0.05, 0.1) is 5.54 Å². The lowest BCUT2D eigenvalue weighted by atomic mass is 9.96. The molecule has 14 heavy (non-hydrogen) atoms. The zero-order valence-corrected chi connectivity index (χ0v) is 9.18. The Labute approximate surface area is 85.8 Å². The van der Waals surface area contributed by atoms with Crippen molar-refractivity contribution in [1.82, 2.24) is 10.2 Å². The Morgan fingerprint density at radius 3 is 2.64 bits per heavy atom. The molecular formula is C11H20N2O. The number of nitrogens with zero attached hydrogens (tertiary/aromatic N) is 1. The number of carbonyl (C=O) groups is 1. The Morgan fingerprint density at radius 1 is 1.36 bits per heavy atom. The van der Waals surface area contributed by atoms with Crippen molar-refractivity contribution in [3.63, 3.8) is 0 Å². The van der Waals surface area contributed by atoms with Gasteiger partial charge in [0.2, 0.25) is 5.91 Å². The fraction of sp³-hybridized carbons (Fsp3) is 0.909. The van der Waals surface area contributed by atoms with Gasteiger partial charge >= 0.3 is 0 Å². The van der Waals surface area contributed by atoms with Crippen LogP contribution in [0.15, 0.2) is 0 Å². The van der Waals surface area contributed by atoms with Crippen molar-refractivity contribution in [3.8, 4) is 0 Å². The Kier molecular flexibility index (Phi) is 2.52. The maximum Gasteiger partial charge on any atom is 0.240 e. The van der Waals surface area contributed by atoms with E-state index in [0.29, 0.717) is 6.04 Å². The number of hydrogen-bond acceptors (Lipinski definition) is 2. The number of nitrogens with one attached hydrogen (secondary N) is 1. The first-order valence-corrected chi connectivity index (χ1v) is 5.67. The molecule has 0 aromatic carbocycles. The molecule has 0 unspecified atom stereocenters. The lowest BCUT2D eigenvalue weighted by Crippen LogP contribution is -2.64. The minimum absolute atomic E-state index is 0.190. The summed E-state index contributed by atoms with van der Waals surface area (Å²) in [6.45, 7) is 5.92. The lowest BCUT2D eigenvalue weighted by Gasteiger charge is -2.44. The summed E-state index contributed by atoms with van der Waals surface area (Å²) in [5, 5.41) is 2.95. The second kappa shape index (κ2) is 3.54. The summed E-state index contributed by atoms with van der Waals surface area (Å²) in [6.07, 6.45) is 5.21. The van der Waals surface area contributed by atoms with Crippen molar-refractivity contribution in [2.24, 2.45) is 0 Å². The fourth-order valence-electron chi connectivity index (χ4n) is 2.77. The van der Waals surface area contributed by atoms with Crippen LogP contribution in [0, 0.1) is 0 Å². The topological polar surface area (TPSA) is 32.3 Å². The summed E-state index contributed by atoms with van der Waals surface area (Å²) >= 11 is 0. The van der Waals surface area contributed by atoms with Gasteiger partial charge in [-0.3, -0.25) is 9.69 Å². The average molecular weight is 196 g/mol. The van der Waals surface area contributed by atoms with E-state index in [0.717, 1.165) is 13.1 Å². The van der Waals surface area contributed by atoms with Gasteiger partial charge in [0, 0.05) is 19.1 Å². The predicted molar refractivity (Wildman–Crippen MR) is 56.1 cm³/mol. The molecular weight excluding hydrogens is 176 g/mol. The van der Waals surface area contributed by atoms with Gasteiger partial charge in [-0.05, 0) is 26.7 Å². The van der Waals surface area contributed by atoms with Gasteiger partial charge in [-0.15, -0.1) is 0 Å². The Bertz CT molecular complexity index is 231. The van der Waals surface area contributed by atoms with Crippen molar-refractivity contribution < 1.29 is 4.79 Å². The van der Waals surface area contributed by atoms with Gasteiger partial charge in [0.25, 0.3) is 0 Å². The summed E-state index contributed by atoms with van der Waals surface area (Å²) in [4.78, 5) is 14.1. The molecule has 1 saturated carbocycles. The third-order valence-corrected chi connectivity index (χ3v) is 3.68. The van der Waals surface area contributed by atoms with E-state index in [1.54, 1.807) is 0 Å². The van der Waals surface area contributed by atoms with E-state index in [1.807, 2.05) is 13.8 Å². The number of amides is 1. The molecule has 80 valence electrons. The van der Waals surface area contributed by atoms with Crippen molar-refractivity contribution in [2.45, 2.75) is 51.1 Å². The Hall–Kier alpha value is -0.570. The standard InChI is InChI=1S/C11H20N2O/c1-11(2)10(14)12-7-8-13(11)9-5-3-4-6-9/h9H,3-8H2,1-2H3,(H,12,14). The van der Waals surface area contributed by atoms with Gasteiger partial charge in [0.1, 0.15) is 0 Å². The van der Waals surface area contributed by atoms with E-state index < -0.39 is 0 Å². The van der Waals surface area contributed by atoms with Gasteiger partial charge in [0.15, 0.2) is 0 Å². The quantitative estimate of drug-likeness (QED) is 0.682. The van der Waals surface area contributed by atoms with Crippen LogP contribution < -0.4 is 5.32 Å². The third kappa shape index (κ3) is 1.54. The SMILES string of the molecule is CC1(C)C(=O)NCCN1C1CCCC1. The average Bonchev–Trinajstić information content (AvgIpc) is 2.62. The van der Waals surface area contributed by atoms with Crippen LogP contribution in [0.1, 0.15) is 39.5 Å². The monoisotopic (exact) mass is 196 g/mol. The van der Waals surface area contributed by atoms with Crippen LogP contribution in [0.3, 0.4) is 0 Å². The Morgan fingerprint density at radius 2 is 2.00 bits per heavy atom. The molecule has 0 atom stereocenters. The Balaban J connectivity index is 2.12. The minimum atomic E-state index is -0.298. The highest BCUT2D eigenvalue weighted by molar-refractivity contribution is 5.86. The van der Waals surface area contributed by atoms with E-state index in [2.05, 4.69) is 10.2 Å². The van der Waals surface area contributed by atoms with E-state index >= 15 is 0 Å². The molecule has 0 aromatic rings. The normalized spacial score (nSPS) is 29.1. The van der Waals surface area contributed by atoms with Crippen LogP contribution in [0.5, 0.6) is 0 Å². The zero-order chi connectivity index (χ0) is 10.2. The van der Waals surface area contributed by atoms with E-state index in [-0.39, 0.29) is 11.4 Å². The van der Waals surface area contributed by atoms with E-state index in [4.69, 9.17) is 0 Å². The van der Waals surface area contributed by atoms with Crippen molar-refractivity contribution >= 4 is 5.91 Å². The van der Waals surface area contributed by atoms with Crippen LogP contribution in [0.25, 0.3) is 0 Å². The predicted octanol–water partition coefficient (Wildman–Crippen LogP) is 1.14. The minimum Gasteiger partial charge on any atom is -0.353 e. The molecule has 0 aromatic heterocycles. The first kappa shape index (κ1) is 9.97. The molecule has 2 aliphatic rings. The van der Waals surface area contributed by atoms with Gasteiger partial charge < -0.3 is 5.32 Å². The second-order valence-corrected chi connectivity index (χ2v) is 4.95. The molecule has 1 aliphatic heterocycles. The maximum absolute atomic E-state index is 11.7. The van der Waals surface area contributed by atoms with E-state index in [1.165, 1.54) is 25.7 Å². The van der Waals surface area contributed by atoms with Crippen LogP contribution in [-0.2, 0) is 4.79 Å². The van der Waals surface area contributed by atoms with Crippen LogP contribution in [0.4, 0.5) is 0 Å². The molecule has 0 radical (unpaired) electrons. The van der Waals surface area contributed by atoms with Crippen LogP contribution >= 0.6 is 0 Å². The molecule has 0 spiro atoms. The summed E-state index contributed by atoms with van der Waals surface area (Å²) < 4.78 is 0. The summed E-state index contributed by atoms with van der Waals surface area (Å²) in [7, 11) is 0. The molecule has 2 fully saturated rings. The number of carbonyl (C=O) groups excluding carboxylic acids is 1. The molecule has 2 rings (SSSR count). The molecule has 1 amide bonds. The summed E-state index contributed by atoms with van der Waals surface area (Å²) in [5.41, 5.74) is -0.298. The van der Waals surface area contributed by atoms with Crippen molar-refractivity contribution in [1.29, 1.82) is 0 Å². The zero-order valence-electron chi connectivity index (χ0n) is 9.18. The highest BCUT2D eigenvalue weighted by atomic mass is 16.2. The number of piperazine rings is 1. The van der Waals surface area contributed by atoms with E-state index in [9.17, 15) is 4.79 Å². The molecule has 3 nitrogen and oxygen atoms in total. The largest absolute Gasteiger partial charge is 0.353 e. The van der Waals surface area contributed by atoms with Crippen LogP contribution in [-0.4, -0.2) is 35.5 Å². The molecule has 0 bridgehead atoms. The molecule has 3 heteroatoms. The molecule has 1 saturated heterocycles. The van der Waals surface area contributed by atoms with Gasteiger partial charge in [-0.2, -0.15) is 0 Å². The third-order valence-electron chi connectivity index (χ3n) is 3.68. The molecule has 1 aliphatic carbocycles. The maximum atomic E-state index is 11.7. The molecule has 1 heterocycles. The molecule has 1 N–H and O–H groups in total. The lowest BCUT2D eigenvalue weighted by molar-refractivity contribution is -0.137. The summed E-state index contributed by atoms with van der Waals surface area (Å²) in [5.74, 6) is 0.190. The second-order valence-electron chi connectivity index (χ2n) is 4.95. The first-order valence-electron chi connectivity index (χ1n) is 5.67. The highest BCUT2D eigenvalue weighted by Crippen LogP contribution is 2.30. The highest BCUT2D eigenvalue weighted by Gasteiger charge is 2.41.